The number of benzene rings is 2. The van der Waals surface area contributed by atoms with Gasteiger partial charge in [-0.15, -0.1) is 5.11 Å². The molecule has 7 heteroatoms. The Balaban J connectivity index is 1.91. The van der Waals surface area contributed by atoms with Gasteiger partial charge >= 0.3 is 0 Å². The number of hydrogen-bond acceptors (Lipinski definition) is 6. The fraction of sp³-hybridized carbons (Fsp3) is 0.381. The number of ketones is 1. The van der Waals surface area contributed by atoms with Crippen LogP contribution in [-0.4, -0.2) is 49.3 Å². The van der Waals surface area contributed by atoms with Crippen molar-refractivity contribution < 1.29 is 9.22 Å². The van der Waals surface area contributed by atoms with Crippen LogP contribution >= 0.6 is 0 Å². The second-order valence-corrected chi connectivity index (χ2v) is 7.49. The number of Topliss-reactive ketones (excluding diaryl/α,β-unsaturated/α-hetero) is 1. The number of carbonyl (C=O) groups is 1. The van der Waals surface area contributed by atoms with Gasteiger partial charge in [0.2, 0.25) is 9.76 Å². The van der Waals surface area contributed by atoms with E-state index in [2.05, 4.69) is 15.5 Å². The van der Waals surface area contributed by atoms with E-state index in [0.717, 1.165) is 37.0 Å². The summed E-state index contributed by atoms with van der Waals surface area (Å²) in [5, 5.41) is 11.8. The SMILES string of the molecule is CCO[Si]CCCNCC(=O)c1ccccc1N=Nc1ccc(N(C)C)cc1. The van der Waals surface area contributed by atoms with Gasteiger partial charge in [-0.1, -0.05) is 12.1 Å². The molecule has 0 bridgehead atoms. The van der Waals surface area contributed by atoms with Crippen LogP contribution in [0.5, 0.6) is 0 Å². The highest BCUT2D eigenvalue weighted by atomic mass is 28.2. The summed E-state index contributed by atoms with van der Waals surface area (Å²) in [4.78, 5) is 14.6. The summed E-state index contributed by atoms with van der Waals surface area (Å²) in [6.07, 6.45) is 0.996. The van der Waals surface area contributed by atoms with Gasteiger partial charge in [-0.3, -0.25) is 4.79 Å². The molecule has 0 atom stereocenters. The standard InChI is InChI=1S/C21H28N4O2Si/c1-4-27-28-15-7-14-22-16-21(26)19-8-5-6-9-20(19)24-23-17-10-12-18(13-11-17)25(2)3/h5-6,8-13,22H,4,7,14-16H2,1-3H3. The van der Waals surface area contributed by atoms with Crippen LogP contribution in [0.25, 0.3) is 0 Å². The van der Waals surface area contributed by atoms with Crippen molar-refractivity contribution in [2.75, 3.05) is 38.7 Å². The van der Waals surface area contributed by atoms with Gasteiger partial charge in [0.15, 0.2) is 5.78 Å². The van der Waals surface area contributed by atoms with Crippen LogP contribution in [-0.2, 0) is 4.43 Å². The summed E-state index contributed by atoms with van der Waals surface area (Å²) in [7, 11) is 4.52. The lowest BCUT2D eigenvalue weighted by Crippen LogP contribution is -2.24. The maximum absolute atomic E-state index is 12.5. The van der Waals surface area contributed by atoms with E-state index in [9.17, 15) is 4.79 Å². The molecule has 0 amide bonds. The monoisotopic (exact) mass is 396 g/mol. The molecule has 0 unspecified atom stereocenters. The molecule has 148 valence electrons. The number of nitrogens with zero attached hydrogens (tertiary/aromatic N) is 3. The van der Waals surface area contributed by atoms with E-state index in [4.69, 9.17) is 4.43 Å². The quantitative estimate of drug-likeness (QED) is 0.250. The minimum atomic E-state index is 0.0183. The molecule has 1 N–H and O–H groups in total. The highest BCUT2D eigenvalue weighted by molar-refractivity contribution is 6.26. The second kappa shape index (κ2) is 12.2. The van der Waals surface area contributed by atoms with Crippen LogP contribution in [0, 0.1) is 0 Å². The van der Waals surface area contributed by atoms with Crippen LogP contribution in [0.4, 0.5) is 17.1 Å². The number of anilines is 1. The minimum Gasteiger partial charge on any atom is -0.418 e. The number of azo groups is 1. The highest BCUT2D eigenvalue weighted by Crippen LogP contribution is 2.24. The Kier molecular flexibility index (Phi) is 9.54. The van der Waals surface area contributed by atoms with E-state index in [0.29, 0.717) is 27.6 Å². The molecular formula is C21H28N4O2Si. The number of hydrogen-bond donors (Lipinski definition) is 1. The van der Waals surface area contributed by atoms with Gasteiger partial charge in [0.25, 0.3) is 0 Å². The lowest BCUT2D eigenvalue weighted by atomic mass is 10.1. The largest absolute Gasteiger partial charge is 0.418 e. The first-order valence-corrected chi connectivity index (χ1v) is 10.6. The maximum Gasteiger partial charge on any atom is 0.229 e. The molecule has 2 aromatic carbocycles. The Bertz CT molecular complexity index is 763. The maximum atomic E-state index is 12.5. The first-order chi connectivity index (χ1) is 13.6. The summed E-state index contributed by atoms with van der Waals surface area (Å²) in [6.45, 7) is 3.85. The third-order valence-corrected chi connectivity index (χ3v) is 5.06. The van der Waals surface area contributed by atoms with Crippen molar-refractivity contribution >= 4 is 32.6 Å². The summed E-state index contributed by atoms with van der Waals surface area (Å²) in [5.41, 5.74) is 3.02. The fourth-order valence-corrected chi connectivity index (χ4v) is 3.15. The Morgan fingerprint density at radius 3 is 2.57 bits per heavy atom. The molecule has 0 spiro atoms. The Hall–Kier alpha value is -2.35. The summed E-state index contributed by atoms with van der Waals surface area (Å²) < 4.78 is 5.34. The molecule has 0 saturated heterocycles. The van der Waals surface area contributed by atoms with Crippen LogP contribution in [0.3, 0.4) is 0 Å². The molecule has 0 aliphatic carbocycles. The van der Waals surface area contributed by atoms with E-state index in [1.165, 1.54) is 0 Å². The zero-order valence-electron chi connectivity index (χ0n) is 16.8. The number of carbonyl (C=O) groups excluding carboxylic acids is 1. The first kappa shape index (κ1) is 21.9. The third kappa shape index (κ3) is 7.34. The van der Waals surface area contributed by atoms with Crippen molar-refractivity contribution in [3.05, 3.63) is 54.1 Å². The van der Waals surface area contributed by atoms with E-state index in [-0.39, 0.29) is 5.78 Å². The van der Waals surface area contributed by atoms with Crippen molar-refractivity contribution in [2.24, 2.45) is 10.2 Å². The summed E-state index contributed by atoms with van der Waals surface area (Å²) in [5.74, 6) is 0.0183. The average Bonchev–Trinajstić information content (AvgIpc) is 2.72. The van der Waals surface area contributed by atoms with Crippen LogP contribution in [0.2, 0.25) is 6.04 Å². The van der Waals surface area contributed by atoms with Crippen molar-refractivity contribution in [3.8, 4) is 0 Å². The van der Waals surface area contributed by atoms with Gasteiger partial charge in [0.05, 0.1) is 17.9 Å². The zero-order valence-corrected chi connectivity index (χ0v) is 17.8. The average molecular weight is 397 g/mol. The minimum absolute atomic E-state index is 0.0183. The van der Waals surface area contributed by atoms with Gasteiger partial charge in [0.1, 0.15) is 0 Å². The predicted octanol–water partition coefficient (Wildman–Crippen LogP) is 4.40. The van der Waals surface area contributed by atoms with Crippen molar-refractivity contribution in [1.29, 1.82) is 0 Å². The van der Waals surface area contributed by atoms with E-state index < -0.39 is 0 Å². The van der Waals surface area contributed by atoms with Crippen molar-refractivity contribution in [1.82, 2.24) is 5.32 Å². The molecule has 0 aliphatic heterocycles. The predicted molar refractivity (Wildman–Crippen MR) is 115 cm³/mol. The highest BCUT2D eigenvalue weighted by Gasteiger charge is 2.10. The van der Waals surface area contributed by atoms with Crippen LogP contribution < -0.4 is 10.2 Å². The molecule has 2 radical (unpaired) electrons. The normalized spacial score (nSPS) is 11.1. The van der Waals surface area contributed by atoms with Crippen molar-refractivity contribution in [2.45, 2.75) is 19.4 Å². The van der Waals surface area contributed by atoms with Gasteiger partial charge in [-0.2, -0.15) is 5.11 Å². The Morgan fingerprint density at radius 1 is 1.11 bits per heavy atom. The van der Waals surface area contributed by atoms with Crippen molar-refractivity contribution in [3.63, 3.8) is 0 Å². The van der Waals surface area contributed by atoms with E-state index >= 15 is 0 Å². The third-order valence-electron chi connectivity index (χ3n) is 4.01. The second-order valence-electron chi connectivity index (χ2n) is 6.41. The summed E-state index contributed by atoms with van der Waals surface area (Å²) in [6, 6.07) is 16.1. The van der Waals surface area contributed by atoms with Gasteiger partial charge in [0, 0.05) is 32.0 Å². The Morgan fingerprint density at radius 2 is 1.86 bits per heavy atom. The van der Waals surface area contributed by atoms with Crippen LogP contribution in [0.1, 0.15) is 23.7 Å². The summed E-state index contributed by atoms with van der Waals surface area (Å²) >= 11 is 0. The van der Waals surface area contributed by atoms with Gasteiger partial charge in [-0.25, -0.2) is 0 Å². The van der Waals surface area contributed by atoms with Crippen LogP contribution in [0.15, 0.2) is 58.8 Å². The molecule has 0 saturated carbocycles. The lowest BCUT2D eigenvalue weighted by molar-refractivity contribution is 0.0992. The Labute approximate surface area is 170 Å². The molecule has 0 aliphatic rings. The lowest BCUT2D eigenvalue weighted by Gasteiger charge is -2.11. The molecule has 2 aromatic rings. The first-order valence-electron chi connectivity index (χ1n) is 9.48. The zero-order chi connectivity index (χ0) is 20.2. The van der Waals surface area contributed by atoms with E-state index in [1.54, 1.807) is 6.07 Å². The van der Waals surface area contributed by atoms with Gasteiger partial charge in [-0.05, 0) is 62.3 Å². The number of nitrogens with one attached hydrogen (secondary N) is 1. The molecule has 28 heavy (non-hydrogen) atoms. The molecular weight excluding hydrogens is 368 g/mol. The number of rotatable bonds is 12. The molecule has 0 fully saturated rings. The fourth-order valence-electron chi connectivity index (χ4n) is 2.48. The van der Waals surface area contributed by atoms with Gasteiger partial charge < -0.3 is 14.6 Å². The smallest absolute Gasteiger partial charge is 0.229 e. The molecule has 0 heterocycles. The topological polar surface area (TPSA) is 66.3 Å². The molecule has 0 aromatic heterocycles. The molecule has 6 nitrogen and oxygen atoms in total. The van der Waals surface area contributed by atoms with E-state index in [1.807, 2.05) is 68.4 Å². The molecule has 2 rings (SSSR count).